The van der Waals surface area contributed by atoms with Crippen LogP contribution in [0.3, 0.4) is 0 Å². The van der Waals surface area contributed by atoms with Crippen LogP contribution in [0.5, 0.6) is 5.75 Å². The molecule has 0 unspecified atom stereocenters. The van der Waals surface area contributed by atoms with Crippen molar-refractivity contribution in [1.29, 1.82) is 0 Å². The van der Waals surface area contributed by atoms with Crippen molar-refractivity contribution < 1.29 is 19.1 Å². The van der Waals surface area contributed by atoms with Crippen molar-refractivity contribution in [3.63, 3.8) is 0 Å². The van der Waals surface area contributed by atoms with Gasteiger partial charge >= 0.3 is 5.97 Å². The van der Waals surface area contributed by atoms with Crippen LogP contribution in [0.15, 0.2) is 53.7 Å². The van der Waals surface area contributed by atoms with Crippen LogP contribution in [-0.4, -0.2) is 25.9 Å². The number of para-hydroxylation sites is 1. The molecule has 0 radical (unpaired) electrons. The number of esters is 1. The molecule has 2 aromatic rings. The summed E-state index contributed by atoms with van der Waals surface area (Å²) in [7, 11) is 2.69. The first-order valence-electron chi connectivity index (χ1n) is 7.13. The van der Waals surface area contributed by atoms with Crippen molar-refractivity contribution in [2.75, 3.05) is 14.2 Å². The van der Waals surface area contributed by atoms with E-state index >= 15 is 0 Å². The van der Waals surface area contributed by atoms with Crippen LogP contribution in [0.2, 0.25) is 0 Å². The Hall–Kier alpha value is -2.82. The molecule has 0 N–H and O–H groups in total. The summed E-state index contributed by atoms with van der Waals surface area (Å²) < 4.78 is 10.5. The average Bonchev–Trinajstić information content (AvgIpc) is 2.58. The van der Waals surface area contributed by atoms with Crippen molar-refractivity contribution in [3.05, 3.63) is 65.2 Å². The van der Waals surface area contributed by atoms with Gasteiger partial charge in [0.05, 0.1) is 7.11 Å². The molecule has 0 aliphatic heterocycles. The van der Waals surface area contributed by atoms with Crippen molar-refractivity contribution in [2.24, 2.45) is 5.16 Å². The molecule has 5 heteroatoms. The SMILES string of the molecule is CON=C(C(=O)OC)c1cccc(COc2ccccc2C)c1. The minimum atomic E-state index is -0.552. The fraction of sp³-hybridized carbons (Fsp3) is 0.222. The van der Waals surface area contributed by atoms with Crippen LogP contribution < -0.4 is 4.74 Å². The fourth-order valence-corrected chi connectivity index (χ4v) is 2.08. The maximum atomic E-state index is 11.8. The maximum absolute atomic E-state index is 11.8. The summed E-state index contributed by atoms with van der Waals surface area (Å²) >= 11 is 0. The van der Waals surface area contributed by atoms with E-state index in [1.165, 1.54) is 14.2 Å². The number of aryl methyl sites for hydroxylation is 1. The summed E-state index contributed by atoms with van der Waals surface area (Å²) in [5, 5.41) is 3.74. The van der Waals surface area contributed by atoms with Gasteiger partial charge in [-0.05, 0) is 30.2 Å². The summed E-state index contributed by atoms with van der Waals surface area (Å²) in [5.74, 6) is 0.278. The number of carbonyl (C=O) groups is 1. The van der Waals surface area contributed by atoms with Gasteiger partial charge in [0, 0.05) is 5.56 Å². The Morgan fingerprint density at radius 3 is 2.57 bits per heavy atom. The predicted molar refractivity (Wildman–Crippen MR) is 87.5 cm³/mol. The molecule has 0 spiro atoms. The zero-order chi connectivity index (χ0) is 16.7. The lowest BCUT2D eigenvalue weighted by Gasteiger charge is -2.10. The molecule has 0 amide bonds. The molecule has 0 aromatic heterocycles. The minimum absolute atomic E-state index is 0.118. The van der Waals surface area contributed by atoms with Crippen molar-refractivity contribution >= 4 is 11.7 Å². The number of ether oxygens (including phenoxy) is 2. The largest absolute Gasteiger partial charge is 0.489 e. The third-order valence-electron chi connectivity index (χ3n) is 3.25. The molecule has 23 heavy (non-hydrogen) atoms. The number of hydrogen-bond donors (Lipinski definition) is 0. The summed E-state index contributed by atoms with van der Waals surface area (Å²) in [6.45, 7) is 2.38. The average molecular weight is 313 g/mol. The molecule has 0 bridgehead atoms. The van der Waals surface area contributed by atoms with Crippen molar-refractivity contribution in [3.8, 4) is 5.75 Å². The Bertz CT molecular complexity index is 710. The van der Waals surface area contributed by atoms with Gasteiger partial charge in [0.2, 0.25) is 0 Å². The quantitative estimate of drug-likeness (QED) is 0.467. The van der Waals surface area contributed by atoms with E-state index in [2.05, 4.69) is 5.16 Å². The maximum Gasteiger partial charge on any atom is 0.360 e. The normalized spacial score (nSPS) is 11.0. The summed E-state index contributed by atoms with van der Waals surface area (Å²) in [6.07, 6.45) is 0. The number of rotatable bonds is 6. The molecule has 0 fully saturated rings. The van der Waals surface area contributed by atoms with Gasteiger partial charge in [-0.1, -0.05) is 41.6 Å². The Balaban J connectivity index is 2.18. The zero-order valence-corrected chi connectivity index (χ0v) is 13.4. The number of benzene rings is 2. The van der Waals surface area contributed by atoms with Crippen LogP contribution in [0.1, 0.15) is 16.7 Å². The van der Waals surface area contributed by atoms with Gasteiger partial charge in [0.1, 0.15) is 19.5 Å². The van der Waals surface area contributed by atoms with Gasteiger partial charge in [-0.3, -0.25) is 0 Å². The van der Waals surface area contributed by atoms with E-state index in [1.807, 2.05) is 49.4 Å². The monoisotopic (exact) mass is 313 g/mol. The van der Waals surface area contributed by atoms with Crippen LogP contribution >= 0.6 is 0 Å². The predicted octanol–water partition coefficient (Wildman–Crippen LogP) is 3.10. The molecular weight excluding hydrogens is 294 g/mol. The zero-order valence-electron chi connectivity index (χ0n) is 13.4. The van der Waals surface area contributed by atoms with E-state index in [1.54, 1.807) is 6.07 Å². The number of oxime groups is 1. The van der Waals surface area contributed by atoms with Gasteiger partial charge in [0.15, 0.2) is 5.71 Å². The van der Waals surface area contributed by atoms with Gasteiger partial charge in [-0.15, -0.1) is 0 Å². The first kappa shape index (κ1) is 16.5. The molecule has 0 saturated heterocycles. The summed E-state index contributed by atoms with van der Waals surface area (Å²) in [5.41, 5.74) is 2.72. The smallest absolute Gasteiger partial charge is 0.360 e. The van der Waals surface area contributed by atoms with Crippen LogP contribution in [-0.2, 0) is 21.0 Å². The van der Waals surface area contributed by atoms with E-state index in [0.29, 0.717) is 12.2 Å². The number of methoxy groups -OCH3 is 1. The van der Waals surface area contributed by atoms with Crippen LogP contribution in [0.4, 0.5) is 0 Å². The molecule has 0 atom stereocenters. The third kappa shape index (κ3) is 4.32. The Morgan fingerprint density at radius 1 is 1.09 bits per heavy atom. The second kappa shape index (κ2) is 7.98. The fourth-order valence-electron chi connectivity index (χ4n) is 2.08. The Kier molecular flexibility index (Phi) is 5.74. The molecule has 0 saturated carbocycles. The van der Waals surface area contributed by atoms with Gasteiger partial charge < -0.3 is 14.3 Å². The first-order valence-corrected chi connectivity index (χ1v) is 7.13. The highest BCUT2D eigenvalue weighted by Gasteiger charge is 2.16. The topological polar surface area (TPSA) is 57.1 Å². The number of hydrogen-bond acceptors (Lipinski definition) is 5. The van der Waals surface area contributed by atoms with Gasteiger partial charge in [-0.25, -0.2) is 4.79 Å². The Labute approximate surface area is 135 Å². The summed E-state index contributed by atoms with van der Waals surface area (Å²) in [6, 6.07) is 15.2. The van der Waals surface area contributed by atoms with Crippen LogP contribution in [0, 0.1) is 6.92 Å². The lowest BCUT2D eigenvalue weighted by molar-refractivity contribution is -0.132. The molecule has 0 aliphatic carbocycles. The van der Waals surface area contributed by atoms with E-state index in [-0.39, 0.29) is 5.71 Å². The molecule has 0 aliphatic rings. The van der Waals surface area contributed by atoms with Gasteiger partial charge in [-0.2, -0.15) is 0 Å². The number of nitrogens with zero attached hydrogens (tertiary/aromatic N) is 1. The van der Waals surface area contributed by atoms with Crippen molar-refractivity contribution in [1.82, 2.24) is 0 Å². The van der Waals surface area contributed by atoms with E-state index in [9.17, 15) is 4.79 Å². The second-order valence-electron chi connectivity index (χ2n) is 4.87. The van der Waals surface area contributed by atoms with Crippen LogP contribution in [0.25, 0.3) is 0 Å². The molecule has 120 valence electrons. The van der Waals surface area contributed by atoms with E-state index in [0.717, 1.165) is 16.9 Å². The molecule has 2 rings (SSSR count). The second-order valence-corrected chi connectivity index (χ2v) is 4.87. The van der Waals surface area contributed by atoms with E-state index in [4.69, 9.17) is 14.3 Å². The molecular formula is C18H19NO4. The van der Waals surface area contributed by atoms with Gasteiger partial charge in [0.25, 0.3) is 0 Å². The Morgan fingerprint density at radius 2 is 1.87 bits per heavy atom. The lowest BCUT2D eigenvalue weighted by Crippen LogP contribution is -2.17. The highest BCUT2D eigenvalue weighted by Crippen LogP contribution is 2.18. The highest BCUT2D eigenvalue weighted by atomic mass is 16.6. The number of carbonyl (C=O) groups excluding carboxylic acids is 1. The lowest BCUT2D eigenvalue weighted by atomic mass is 10.1. The summed E-state index contributed by atoms with van der Waals surface area (Å²) in [4.78, 5) is 16.5. The minimum Gasteiger partial charge on any atom is -0.489 e. The first-order chi connectivity index (χ1) is 11.2. The standard InChI is InChI=1S/C18H19NO4/c1-13-7-4-5-10-16(13)23-12-14-8-6-9-15(11-14)17(19-22-3)18(20)21-2/h4-11H,12H2,1-3H3. The van der Waals surface area contributed by atoms with Crippen molar-refractivity contribution in [2.45, 2.75) is 13.5 Å². The third-order valence-corrected chi connectivity index (χ3v) is 3.25. The van der Waals surface area contributed by atoms with E-state index < -0.39 is 5.97 Å². The molecule has 0 heterocycles. The highest BCUT2D eigenvalue weighted by molar-refractivity contribution is 6.43. The molecule has 5 nitrogen and oxygen atoms in total. The molecule has 2 aromatic carbocycles.